The fourth-order valence-electron chi connectivity index (χ4n) is 5.47. The molecule has 2 aromatic carbocycles. The molecule has 0 saturated carbocycles. The van der Waals surface area contributed by atoms with Gasteiger partial charge in [0.2, 0.25) is 16.9 Å². The summed E-state index contributed by atoms with van der Waals surface area (Å²) in [7, 11) is 0. The van der Waals surface area contributed by atoms with Gasteiger partial charge >= 0.3 is 5.97 Å². The number of morpholine rings is 1. The molecule has 2 aromatic rings. The lowest BCUT2D eigenvalue weighted by molar-refractivity contribution is -0.165. The molecule has 212 valence electrons. The van der Waals surface area contributed by atoms with Crippen molar-refractivity contribution in [3.63, 3.8) is 0 Å². The van der Waals surface area contributed by atoms with Gasteiger partial charge in [0, 0.05) is 31.0 Å². The first-order valence-electron chi connectivity index (χ1n) is 13.4. The predicted molar refractivity (Wildman–Crippen MR) is 154 cm³/mol. The van der Waals surface area contributed by atoms with Crippen LogP contribution in [0.2, 0.25) is 0 Å². The highest BCUT2D eigenvalue weighted by atomic mass is 32.2. The van der Waals surface area contributed by atoms with Crippen LogP contribution in [-0.4, -0.2) is 99.5 Å². The molecule has 9 nitrogen and oxygen atoms in total. The Balaban J connectivity index is 1.38. The molecule has 0 spiro atoms. The number of carbonyl (C=O) groups is 4. The number of fused-ring (bicyclic) bond motifs is 3. The molecule has 2 fully saturated rings. The second-order valence-electron chi connectivity index (χ2n) is 10.2. The Morgan fingerprint density at radius 1 is 1.05 bits per heavy atom. The lowest BCUT2D eigenvalue weighted by Gasteiger charge is -2.40. The van der Waals surface area contributed by atoms with Gasteiger partial charge in [0.15, 0.2) is 6.04 Å². The zero-order chi connectivity index (χ0) is 28.1. The molecule has 3 aliphatic heterocycles. The quantitative estimate of drug-likeness (QED) is 0.481. The summed E-state index contributed by atoms with van der Waals surface area (Å²) in [6.07, 6.45) is 0.552. The highest BCUT2D eigenvalue weighted by Gasteiger charge is 2.45. The van der Waals surface area contributed by atoms with Crippen LogP contribution in [0.3, 0.4) is 0 Å². The Morgan fingerprint density at radius 2 is 1.77 bits per heavy atom. The number of rotatable bonds is 8. The Hall–Kier alpha value is -2.86. The summed E-state index contributed by atoms with van der Waals surface area (Å²) < 4.78 is 5.59. The maximum absolute atomic E-state index is 13.9. The van der Waals surface area contributed by atoms with Gasteiger partial charge in [-0.1, -0.05) is 66.4 Å². The second kappa shape index (κ2) is 13.2. The van der Waals surface area contributed by atoms with Crippen LogP contribution in [0.4, 0.5) is 0 Å². The van der Waals surface area contributed by atoms with Crippen LogP contribution in [0.15, 0.2) is 54.6 Å². The topological polar surface area (TPSA) is 116 Å². The number of benzene rings is 2. The zero-order valence-electron chi connectivity index (χ0n) is 22.1. The molecule has 3 heterocycles. The standard InChI is InChI=1S/C29H33N3O6S2/c33-26(16-31-10-12-39-13-11-31)40-25(14-19-6-2-1-3-7-19)27(34)30-22-15-20-8-4-5-9-21(20)23-17-38-18-24(29(36)37)32(23)28(22)35/h1-9,22-25H,10-18H2,(H,30,34)(H,36,37)/t22-,23+,24-,25-/m0/s1. The number of hydrogen-bond donors (Lipinski definition) is 2. The number of carboxylic acids is 1. The van der Waals surface area contributed by atoms with Gasteiger partial charge in [0.25, 0.3) is 0 Å². The Bertz CT molecular complexity index is 1240. The molecule has 40 heavy (non-hydrogen) atoms. The minimum absolute atomic E-state index is 0.0836. The van der Waals surface area contributed by atoms with Crippen LogP contribution < -0.4 is 5.32 Å². The van der Waals surface area contributed by atoms with E-state index in [2.05, 4.69) is 10.2 Å². The van der Waals surface area contributed by atoms with Crippen molar-refractivity contribution in [1.82, 2.24) is 15.1 Å². The molecule has 0 aliphatic carbocycles. The maximum Gasteiger partial charge on any atom is 0.328 e. The average Bonchev–Trinajstić information content (AvgIpc) is 3.08. The highest BCUT2D eigenvalue weighted by Crippen LogP contribution is 2.34. The first-order chi connectivity index (χ1) is 19.4. The van der Waals surface area contributed by atoms with Crippen LogP contribution in [-0.2, 0) is 36.8 Å². The molecule has 4 atom stereocenters. The second-order valence-corrected chi connectivity index (χ2v) is 12.7. The van der Waals surface area contributed by atoms with E-state index in [4.69, 9.17) is 4.74 Å². The van der Waals surface area contributed by atoms with E-state index in [-0.39, 0.29) is 31.3 Å². The van der Waals surface area contributed by atoms with Crippen LogP contribution in [0, 0.1) is 0 Å². The lowest BCUT2D eigenvalue weighted by Crippen LogP contribution is -2.59. The number of nitrogens with one attached hydrogen (secondary N) is 1. The summed E-state index contributed by atoms with van der Waals surface area (Å²) in [5.74, 6) is -0.0491. The molecule has 2 amide bonds. The van der Waals surface area contributed by atoms with Crippen LogP contribution in [0.1, 0.15) is 22.7 Å². The SMILES string of the molecule is O=C(CN1CCSCC1)S[C@@H](Cc1ccccc1)C(=O)N[C@H]1Cc2ccccc2[C@H]2COC[C@@H](C(=O)O)N2C1=O. The van der Waals surface area contributed by atoms with Gasteiger partial charge in [0.1, 0.15) is 6.04 Å². The molecule has 11 heteroatoms. The molecule has 2 saturated heterocycles. The van der Waals surface area contributed by atoms with E-state index in [0.717, 1.165) is 53.0 Å². The zero-order valence-corrected chi connectivity index (χ0v) is 23.7. The third-order valence-corrected chi connectivity index (χ3v) is 9.50. The van der Waals surface area contributed by atoms with Crippen LogP contribution in [0.5, 0.6) is 0 Å². The van der Waals surface area contributed by atoms with Gasteiger partial charge in [-0.3, -0.25) is 19.3 Å². The smallest absolute Gasteiger partial charge is 0.328 e. The third-order valence-electron chi connectivity index (χ3n) is 7.50. The van der Waals surface area contributed by atoms with Gasteiger partial charge in [-0.2, -0.15) is 11.8 Å². The molecular formula is C29H33N3O6S2. The molecule has 0 radical (unpaired) electrons. The summed E-state index contributed by atoms with van der Waals surface area (Å²) in [5.41, 5.74) is 2.59. The number of carbonyl (C=O) groups excluding carboxylic acids is 3. The van der Waals surface area contributed by atoms with Gasteiger partial charge in [-0.05, 0) is 23.1 Å². The third kappa shape index (κ3) is 6.71. The summed E-state index contributed by atoms with van der Waals surface area (Å²) in [6.45, 7) is 2.02. The molecule has 0 aromatic heterocycles. The fraction of sp³-hybridized carbons (Fsp3) is 0.448. The van der Waals surface area contributed by atoms with E-state index in [9.17, 15) is 24.3 Å². The van der Waals surface area contributed by atoms with Gasteiger partial charge in [-0.25, -0.2) is 4.79 Å². The number of hydrogen-bond acceptors (Lipinski definition) is 8. The van der Waals surface area contributed by atoms with Gasteiger partial charge in [0.05, 0.1) is 31.1 Å². The number of amides is 2. The number of ether oxygens (including phenoxy) is 1. The van der Waals surface area contributed by atoms with E-state index in [1.807, 2.05) is 66.4 Å². The molecule has 5 rings (SSSR count). The number of aliphatic carboxylic acids is 1. The average molecular weight is 584 g/mol. The number of nitrogens with zero attached hydrogens (tertiary/aromatic N) is 2. The Kier molecular flexibility index (Phi) is 9.46. The molecule has 0 unspecified atom stereocenters. The molecule has 3 aliphatic rings. The number of thioether (sulfide) groups is 2. The molecule has 2 N–H and O–H groups in total. The van der Waals surface area contributed by atoms with Crippen molar-refractivity contribution in [3.8, 4) is 0 Å². The van der Waals surface area contributed by atoms with Crippen LogP contribution >= 0.6 is 23.5 Å². The fourth-order valence-corrected chi connectivity index (χ4v) is 7.47. The van der Waals surface area contributed by atoms with Gasteiger partial charge in [-0.15, -0.1) is 0 Å². The Morgan fingerprint density at radius 3 is 2.52 bits per heavy atom. The Labute approximate surface area is 242 Å². The van der Waals surface area contributed by atoms with E-state index < -0.39 is 41.2 Å². The largest absolute Gasteiger partial charge is 0.480 e. The normalized spacial score (nSPS) is 23.9. The monoisotopic (exact) mass is 583 g/mol. The summed E-state index contributed by atoms with van der Waals surface area (Å²) in [5, 5.41) is 12.0. The van der Waals surface area contributed by atoms with Crippen molar-refractivity contribution in [2.75, 3.05) is 44.4 Å². The minimum atomic E-state index is -1.16. The first kappa shape index (κ1) is 28.7. The van der Waals surface area contributed by atoms with E-state index in [0.29, 0.717) is 6.42 Å². The minimum Gasteiger partial charge on any atom is -0.480 e. The highest BCUT2D eigenvalue weighted by molar-refractivity contribution is 8.14. The molecule has 0 bridgehead atoms. The first-order valence-corrected chi connectivity index (χ1v) is 15.5. The van der Waals surface area contributed by atoms with Crippen molar-refractivity contribution < 1.29 is 29.0 Å². The van der Waals surface area contributed by atoms with E-state index in [1.165, 1.54) is 4.90 Å². The molecular weight excluding hydrogens is 550 g/mol. The maximum atomic E-state index is 13.9. The number of carboxylic acid groups (broad SMARTS) is 1. The van der Waals surface area contributed by atoms with E-state index >= 15 is 0 Å². The van der Waals surface area contributed by atoms with Gasteiger partial charge < -0.3 is 20.1 Å². The van der Waals surface area contributed by atoms with Crippen molar-refractivity contribution in [2.24, 2.45) is 0 Å². The van der Waals surface area contributed by atoms with Crippen molar-refractivity contribution in [3.05, 3.63) is 71.3 Å². The lowest BCUT2D eigenvalue weighted by atomic mass is 9.97. The summed E-state index contributed by atoms with van der Waals surface area (Å²) in [6, 6.07) is 14.3. The van der Waals surface area contributed by atoms with Crippen molar-refractivity contribution in [1.29, 1.82) is 0 Å². The summed E-state index contributed by atoms with van der Waals surface area (Å²) >= 11 is 2.88. The predicted octanol–water partition coefficient (Wildman–Crippen LogP) is 2.00. The van der Waals surface area contributed by atoms with Crippen molar-refractivity contribution in [2.45, 2.75) is 36.2 Å². The van der Waals surface area contributed by atoms with Crippen molar-refractivity contribution >= 4 is 46.4 Å². The van der Waals surface area contributed by atoms with E-state index in [1.54, 1.807) is 0 Å². The summed E-state index contributed by atoms with van der Waals surface area (Å²) in [4.78, 5) is 56.3. The van der Waals surface area contributed by atoms with Crippen LogP contribution in [0.25, 0.3) is 0 Å².